The number of benzene rings is 2. The number of nitrogens with one attached hydrogen (secondary N) is 4. The van der Waals surface area contributed by atoms with E-state index in [1.807, 2.05) is 6.92 Å². The van der Waals surface area contributed by atoms with E-state index in [1.54, 1.807) is 38.1 Å². The second kappa shape index (κ2) is 31.0. The Morgan fingerprint density at radius 2 is 1.18 bits per heavy atom. The van der Waals surface area contributed by atoms with Crippen LogP contribution in [0.15, 0.2) is 42.5 Å². The quantitative estimate of drug-likeness (QED) is 0.256. The predicted molar refractivity (Wildman–Crippen MR) is 341 cm³/mol. The van der Waals surface area contributed by atoms with Crippen LogP contribution >= 0.6 is 23.2 Å². The van der Waals surface area contributed by atoms with Crippen LogP contribution in [0, 0.1) is 11.8 Å². The summed E-state index contributed by atoms with van der Waals surface area (Å²) in [4.78, 5) is 170. The maximum atomic E-state index is 15.2. The zero-order valence-corrected chi connectivity index (χ0v) is 56.7. The van der Waals surface area contributed by atoms with Crippen molar-refractivity contribution in [1.29, 1.82) is 0 Å². The second-order valence-corrected chi connectivity index (χ2v) is 27.2. The number of rotatable bonds is 8. The van der Waals surface area contributed by atoms with E-state index in [2.05, 4.69) is 21.3 Å². The van der Waals surface area contributed by atoms with Gasteiger partial charge in [0.1, 0.15) is 59.9 Å². The number of amides is 11. The lowest BCUT2D eigenvalue weighted by Crippen LogP contribution is -2.65. The van der Waals surface area contributed by atoms with Gasteiger partial charge in [-0.1, -0.05) is 87.4 Å². The fraction of sp³-hybridized carbons (Fsp3) is 0.652. The van der Waals surface area contributed by atoms with Crippen LogP contribution in [0.1, 0.15) is 148 Å². The van der Waals surface area contributed by atoms with Gasteiger partial charge in [0.05, 0.1) is 10.6 Å². The van der Waals surface area contributed by atoms with E-state index in [9.17, 15) is 51.5 Å². The van der Waals surface area contributed by atoms with Crippen LogP contribution in [0.2, 0.25) is 10.0 Å². The van der Waals surface area contributed by atoms with Crippen molar-refractivity contribution in [2.75, 3.05) is 48.3 Å². The van der Waals surface area contributed by atoms with Gasteiger partial charge >= 0.3 is 6.18 Å². The Labute approximate surface area is 553 Å². The molecule has 4 N–H and O–H groups in total. The van der Waals surface area contributed by atoms with Crippen LogP contribution in [-0.4, -0.2) is 214 Å². The zero-order chi connectivity index (χ0) is 68.7. The van der Waals surface area contributed by atoms with Gasteiger partial charge in [-0.3, -0.25) is 52.7 Å². The monoisotopic (exact) mass is 1340 g/mol. The van der Waals surface area contributed by atoms with E-state index >= 15 is 14.4 Å². The normalized spacial score (nSPS) is 28.4. The van der Waals surface area contributed by atoms with Crippen molar-refractivity contribution in [3.05, 3.63) is 69.2 Å². The largest absolute Gasteiger partial charge is 0.417 e. The number of nitrogens with zero attached hydrogens (tertiary/aromatic N) is 7. The molecule has 0 aromatic heterocycles. The molecule has 5 aliphatic rings. The summed E-state index contributed by atoms with van der Waals surface area (Å²) in [7, 11) is 7.12. The molecule has 2 saturated carbocycles. The van der Waals surface area contributed by atoms with Gasteiger partial charge in [-0.25, -0.2) is 0 Å². The Hall–Kier alpha value is -7.02. The molecule has 512 valence electrons. The van der Waals surface area contributed by atoms with Crippen LogP contribution in [0.4, 0.5) is 13.2 Å². The molecule has 0 bridgehead atoms. The molecule has 2 aromatic carbocycles. The third-order valence-corrected chi connectivity index (χ3v) is 20.8. The fourth-order valence-corrected chi connectivity index (χ4v) is 14.0. The highest BCUT2D eigenvalue weighted by Crippen LogP contribution is 2.38. The molecule has 1 spiro atoms. The number of halogens is 5. The molecule has 0 unspecified atom stereocenters. The first-order chi connectivity index (χ1) is 43.7. The Morgan fingerprint density at radius 3 is 1.77 bits per heavy atom. The lowest BCUT2D eigenvalue weighted by molar-refractivity contribution is -0.160. The van der Waals surface area contributed by atoms with Gasteiger partial charge in [0.25, 0.3) is 0 Å². The Morgan fingerprint density at radius 1 is 0.591 bits per heavy atom. The fourth-order valence-electron chi connectivity index (χ4n) is 13.5. The molecule has 0 radical (unpaired) electrons. The zero-order valence-electron chi connectivity index (χ0n) is 55.2. The van der Waals surface area contributed by atoms with Gasteiger partial charge in [-0.05, 0) is 133 Å². The van der Waals surface area contributed by atoms with Crippen LogP contribution in [0.25, 0.3) is 0 Å². The van der Waals surface area contributed by atoms with Crippen molar-refractivity contribution >= 4 is 88.2 Å². The summed E-state index contributed by atoms with van der Waals surface area (Å²) >= 11 is 12.4. The molecule has 5 fully saturated rings. The predicted octanol–water partition coefficient (Wildman–Crippen LogP) is 5.52. The molecule has 3 heterocycles. The summed E-state index contributed by atoms with van der Waals surface area (Å²) in [6.45, 7) is 9.80. The summed E-state index contributed by atoms with van der Waals surface area (Å²) in [6, 6.07) is -1.92. The standard InChI is InChI=1S/C66H92Cl2F3N11O11/c1-12-37(2)53-63(92)78(9)41(6)59(88)82-33-29-50(82)61(90)79(10)51(36-43-21-25-45(67)26-22-43)62(91)77(8)40(5)55(84)73-48(28-24-42-23-27-46(47(68)35-42)66(69,70)71)60(89)81-32-17-20-49(81)57(86)75-65(30-15-16-31-65)64(93)80(11)54(44-18-13-14-19-44)58(87)72-38(3)34-52(83)76(7)39(4)56(85)74-53/h21-23,25-27,35,37-41,44,48-51,53-54H,12-20,24,28-34,36H2,1-11H3,(H,72,87)(H,73,84)(H,74,85)(H,75,86)/t37-,38+,39-,40+,41-,48-,49-,50-,51-,53-,54-/m0/s1. The van der Waals surface area contributed by atoms with E-state index in [-0.39, 0.29) is 70.4 Å². The van der Waals surface area contributed by atoms with E-state index < -0.39 is 154 Å². The smallest absolute Gasteiger partial charge is 0.351 e. The van der Waals surface area contributed by atoms with Gasteiger partial charge < -0.3 is 55.6 Å². The Kier molecular flexibility index (Phi) is 24.5. The number of likely N-dealkylation sites (N-methyl/N-ethyl adjacent to an activating group) is 5. The lowest BCUT2D eigenvalue weighted by Gasteiger charge is -2.45. The van der Waals surface area contributed by atoms with Gasteiger partial charge in [0.2, 0.25) is 65.0 Å². The first kappa shape index (κ1) is 73.4. The van der Waals surface area contributed by atoms with Crippen LogP contribution < -0.4 is 21.3 Å². The molecular weight excluding hydrogens is 1250 g/mol. The summed E-state index contributed by atoms with van der Waals surface area (Å²) < 4.78 is 41.5. The number of carbonyl (C=O) groups excluding carboxylic acids is 11. The van der Waals surface area contributed by atoms with Gasteiger partial charge in [0, 0.05) is 72.2 Å². The number of alkyl halides is 3. The van der Waals surface area contributed by atoms with Crippen molar-refractivity contribution in [3.8, 4) is 0 Å². The molecule has 27 heteroatoms. The topological polar surface area (TPSA) is 259 Å². The molecule has 2 aromatic rings. The first-order valence-corrected chi connectivity index (χ1v) is 33.3. The lowest BCUT2D eigenvalue weighted by atomic mass is 9.90. The van der Waals surface area contributed by atoms with Gasteiger partial charge in [-0.15, -0.1) is 0 Å². The van der Waals surface area contributed by atoms with Crippen molar-refractivity contribution in [1.82, 2.24) is 55.6 Å². The van der Waals surface area contributed by atoms with Gasteiger partial charge in [-0.2, -0.15) is 13.2 Å². The maximum absolute atomic E-state index is 15.2. The summed E-state index contributed by atoms with van der Waals surface area (Å²) in [5.41, 5.74) is -1.70. The van der Waals surface area contributed by atoms with E-state index in [0.29, 0.717) is 54.7 Å². The molecule has 7 rings (SSSR count). The maximum Gasteiger partial charge on any atom is 0.417 e. The number of fused-ring (bicyclic) bond motifs is 2. The van der Waals surface area contributed by atoms with Crippen molar-refractivity contribution in [2.24, 2.45) is 11.8 Å². The molecule has 3 saturated heterocycles. The highest BCUT2D eigenvalue weighted by Gasteiger charge is 2.51. The minimum Gasteiger partial charge on any atom is -0.351 e. The average molecular weight is 1340 g/mol. The minimum absolute atomic E-state index is 0.0416. The number of hydrogen-bond acceptors (Lipinski definition) is 11. The van der Waals surface area contributed by atoms with E-state index in [4.69, 9.17) is 23.2 Å². The number of hydrogen-bond donors (Lipinski definition) is 4. The van der Waals surface area contributed by atoms with Crippen molar-refractivity contribution < 1.29 is 65.9 Å². The Bertz CT molecular complexity index is 3130. The SMILES string of the molecule is CC[C@H](C)[C@@H]1NC(=O)[C@H](C)N(C)C(=O)C[C@@H](C)NC(=O)[C@H](C2CCCC2)N(C)C(=O)C2(CCCC2)NC(=O)[C@@H]2CCCN2C(=O)[C@H](CCc2ccc(C(F)(F)F)c(Cl)c2)NC(=O)[C@@H](C)N(C)C(=O)[C@H](Cc2ccc(Cl)cc2)N(C)C(=O)[C@@H]2CCN2C(=O)[C@H](C)N(C)C1=O. The van der Waals surface area contributed by atoms with E-state index in [1.165, 1.54) is 91.5 Å². The molecule has 11 atom stereocenters. The first-order valence-electron chi connectivity index (χ1n) is 32.5. The van der Waals surface area contributed by atoms with Crippen molar-refractivity contribution in [2.45, 2.75) is 216 Å². The van der Waals surface area contributed by atoms with Gasteiger partial charge in [0.15, 0.2) is 0 Å². The molecular formula is C66H92Cl2F3N11O11. The average Bonchev–Trinajstić information content (AvgIpc) is 1.78. The third-order valence-electron chi connectivity index (χ3n) is 20.2. The Balaban J connectivity index is 1.25. The summed E-state index contributed by atoms with van der Waals surface area (Å²) in [5, 5.41) is 11.4. The third kappa shape index (κ3) is 16.7. The minimum atomic E-state index is -4.76. The molecule has 11 amide bonds. The van der Waals surface area contributed by atoms with Crippen LogP contribution in [-0.2, 0) is 71.8 Å². The van der Waals surface area contributed by atoms with E-state index in [0.717, 1.165) is 29.9 Å². The molecule has 2 aliphatic carbocycles. The highest BCUT2D eigenvalue weighted by molar-refractivity contribution is 6.31. The summed E-state index contributed by atoms with van der Waals surface area (Å²) in [6.07, 6.45) is 0.0956. The molecule has 3 aliphatic heterocycles. The summed E-state index contributed by atoms with van der Waals surface area (Å²) in [5.74, 6) is -7.67. The molecule has 93 heavy (non-hydrogen) atoms. The molecule has 22 nitrogen and oxygen atoms in total. The number of carbonyl (C=O) groups is 11. The van der Waals surface area contributed by atoms with Crippen LogP contribution in [0.3, 0.4) is 0 Å². The van der Waals surface area contributed by atoms with Crippen molar-refractivity contribution in [3.63, 3.8) is 0 Å². The second-order valence-electron chi connectivity index (χ2n) is 26.3. The van der Waals surface area contributed by atoms with Crippen LogP contribution in [0.5, 0.6) is 0 Å². The number of aryl methyl sites for hydroxylation is 1. The highest BCUT2D eigenvalue weighted by atomic mass is 35.5.